The van der Waals surface area contributed by atoms with Crippen LogP contribution in [0.25, 0.3) is 0 Å². The van der Waals surface area contributed by atoms with Crippen molar-refractivity contribution in [2.75, 3.05) is 11.9 Å². The minimum Gasteiger partial charge on any atom is -0.370 e. The number of benzene rings is 1. The maximum absolute atomic E-state index is 6.00. The highest BCUT2D eigenvalue weighted by molar-refractivity contribution is 5.92. The van der Waals surface area contributed by atoms with E-state index in [1.54, 1.807) is 0 Å². The van der Waals surface area contributed by atoms with Gasteiger partial charge in [-0.15, -0.1) is 10.2 Å². The number of aryl methyl sites for hydroxylation is 4. The maximum Gasteiger partial charge on any atom is 0.193 e. The Balaban J connectivity index is 1.50. The van der Waals surface area contributed by atoms with E-state index in [9.17, 15) is 0 Å². The molecule has 0 bridgehead atoms. The van der Waals surface area contributed by atoms with E-state index in [2.05, 4.69) is 57.1 Å². The summed E-state index contributed by atoms with van der Waals surface area (Å²) in [6.07, 6.45) is 6.61. The fourth-order valence-corrected chi connectivity index (χ4v) is 3.40. The van der Waals surface area contributed by atoms with Gasteiger partial charge in [-0.2, -0.15) is 0 Å². The Kier molecular flexibility index (Phi) is 5.68. The lowest BCUT2D eigenvalue weighted by Crippen LogP contribution is -2.23. The Morgan fingerprint density at radius 2 is 1.96 bits per heavy atom. The molecule has 6 nitrogen and oxygen atoms in total. The predicted molar refractivity (Wildman–Crippen MR) is 102 cm³/mol. The van der Waals surface area contributed by atoms with Gasteiger partial charge in [-0.3, -0.25) is 4.99 Å². The number of nitrogens with one attached hydrogen (secondary N) is 1. The second kappa shape index (κ2) is 8.14. The average molecular weight is 340 g/mol. The third-order valence-electron chi connectivity index (χ3n) is 4.52. The fraction of sp³-hybridized carbons (Fsp3) is 0.526. The first-order valence-electron chi connectivity index (χ1n) is 9.18. The van der Waals surface area contributed by atoms with Gasteiger partial charge in [0.2, 0.25) is 0 Å². The van der Waals surface area contributed by atoms with Gasteiger partial charge in [0.15, 0.2) is 5.96 Å². The van der Waals surface area contributed by atoms with E-state index in [0.29, 0.717) is 12.5 Å². The van der Waals surface area contributed by atoms with Crippen LogP contribution in [0, 0.1) is 13.8 Å². The molecule has 0 atom stereocenters. The van der Waals surface area contributed by atoms with E-state index in [-0.39, 0.29) is 0 Å². The number of rotatable bonds is 5. The number of anilines is 1. The fourth-order valence-electron chi connectivity index (χ4n) is 3.40. The molecule has 0 saturated heterocycles. The Hall–Kier alpha value is -2.37. The highest BCUT2D eigenvalue weighted by Crippen LogP contribution is 2.15. The summed E-state index contributed by atoms with van der Waals surface area (Å²) in [6, 6.07) is 6.28. The molecule has 2 heterocycles. The van der Waals surface area contributed by atoms with Gasteiger partial charge in [0.05, 0.1) is 0 Å². The zero-order valence-electron chi connectivity index (χ0n) is 15.3. The first-order valence-corrected chi connectivity index (χ1v) is 9.18. The number of nitrogens with two attached hydrogens (primary N) is 1. The van der Waals surface area contributed by atoms with Crippen molar-refractivity contribution in [2.45, 2.75) is 58.9 Å². The third kappa shape index (κ3) is 4.81. The molecule has 0 fully saturated rings. The third-order valence-corrected chi connectivity index (χ3v) is 4.52. The average Bonchev–Trinajstić information content (AvgIpc) is 2.77. The summed E-state index contributed by atoms with van der Waals surface area (Å²) in [5.41, 5.74) is 9.41. The number of fused-ring (bicyclic) bond motifs is 1. The second-order valence-corrected chi connectivity index (χ2v) is 6.87. The van der Waals surface area contributed by atoms with Gasteiger partial charge in [-0.05, 0) is 56.4 Å². The Morgan fingerprint density at radius 1 is 1.16 bits per heavy atom. The summed E-state index contributed by atoms with van der Waals surface area (Å²) in [5.74, 6) is 2.70. The standard InChI is InChI=1S/C19H28N6/c1-14-11-15(2)13-16(12-14)22-19(20)21-9-6-8-18-24-23-17-7-4-3-5-10-25(17)18/h11-13H,3-10H2,1-2H3,(H3,20,21,22). The molecule has 0 aliphatic carbocycles. The van der Waals surface area contributed by atoms with Crippen LogP contribution in [-0.2, 0) is 19.4 Å². The topological polar surface area (TPSA) is 81.1 Å². The summed E-state index contributed by atoms with van der Waals surface area (Å²) in [4.78, 5) is 4.43. The van der Waals surface area contributed by atoms with Crippen LogP contribution in [0.5, 0.6) is 0 Å². The molecule has 1 aromatic heterocycles. The molecular weight excluding hydrogens is 312 g/mol. The lowest BCUT2D eigenvalue weighted by molar-refractivity contribution is 0.598. The van der Waals surface area contributed by atoms with Crippen molar-refractivity contribution in [3.63, 3.8) is 0 Å². The molecular formula is C19H28N6. The van der Waals surface area contributed by atoms with E-state index >= 15 is 0 Å². The summed E-state index contributed by atoms with van der Waals surface area (Å²) < 4.78 is 2.30. The molecule has 0 spiro atoms. The lowest BCUT2D eigenvalue weighted by atomic mass is 10.1. The van der Waals surface area contributed by atoms with E-state index in [4.69, 9.17) is 5.73 Å². The van der Waals surface area contributed by atoms with Crippen molar-refractivity contribution < 1.29 is 0 Å². The zero-order valence-corrected chi connectivity index (χ0v) is 15.3. The van der Waals surface area contributed by atoms with Gasteiger partial charge in [-0.25, -0.2) is 0 Å². The van der Waals surface area contributed by atoms with Crippen molar-refractivity contribution in [3.05, 3.63) is 41.0 Å². The molecule has 0 unspecified atom stereocenters. The van der Waals surface area contributed by atoms with Crippen LogP contribution >= 0.6 is 0 Å². The molecule has 1 aliphatic heterocycles. The zero-order chi connectivity index (χ0) is 17.6. The molecule has 2 aromatic rings. The maximum atomic E-state index is 6.00. The summed E-state index contributed by atoms with van der Waals surface area (Å²) in [6.45, 7) is 5.89. The number of aromatic nitrogens is 3. The molecule has 0 amide bonds. The highest BCUT2D eigenvalue weighted by Gasteiger charge is 2.13. The molecule has 0 radical (unpaired) electrons. The van der Waals surface area contributed by atoms with Crippen molar-refractivity contribution in [1.82, 2.24) is 14.8 Å². The first kappa shape index (κ1) is 17.5. The molecule has 3 N–H and O–H groups in total. The van der Waals surface area contributed by atoms with Crippen LogP contribution in [0.3, 0.4) is 0 Å². The van der Waals surface area contributed by atoms with Crippen molar-refractivity contribution in [3.8, 4) is 0 Å². The van der Waals surface area contributed by atoms with Crippen LogP contribution in [0.4, 0.5) is 5.69 Å². The number of guanidine groups is 1. The molecule has 0 saturated carbocycles. The highest BCUT2D eigenvalue weighted by atomic mass is 15.3. The number of hydrogen-bond donors (Lipinski definition) is 2. The minimum absolute atomic E-state index is 0.463. The van der Waals surface area contributed by atoms with E-state index in [1.807, 2.05) is 0 Å². The molecule has 6 heteroatoms. The van der Waals surface area contributed by atoms with E-state index < -0.39 is 0 Å². The van der Waals surface area contributed by atoms with Crippen molar-refractivity contribution in [2.24, 2.45) is 10.7 Å². The van der Waals surface area contributed by atoms with Crippen molar-refractivity contribution >= 4 is 11.6 Å². The first-order chi connectivity index (χ1) is 12.1. The number of hydrogen-bond acceptors (Lipinski definition) is 3. The Bertz CT molecular complexity index is 726. The molecule has 134 valence electrons. The summed E-state index contributed by atoms with van der Waals surface area (Å²) in [7, 11) is 0. The predicted octanol–water partition coefficient (Wildman–Crippen LogP) is 2.98. The van der Waals surface area contributed by atoms with Gasteiger partial charge < -0.3 is 15.6 Å². The molecule has 1 aromatic carbocycles. The monoisotopic (exact) mass is 340 g/mol. The molecule has 3 rings (SSSR count). The largest absolute Gasteiger partial charge is 0.370 e. The number of aliphatic imine (C=N–C) groups is 1. The normalized spacial score (nSPS) is 14.9. The minimum atomic E-state index is 0.463. The van der Waals surface area contributed by atoms with E-state index in [1.165, 1.54) is 30.4 Å². The van der Waals surface area contributed by atoms with Gasteiger partial charge in [0.25, 0.3) is 0 Å². The van der Waals surface area contributed by atoms with Gasteiger partial charge in [-0.1, -0.05) is 12.5 Å². The quantitative estimate of drug-likeness (QED) is 0.498. The van der Waals surface area contributed by atoms with Gasteiger partial charge in [0, 0.05) is 31.6 Å². The Labute approximate surface area is 149 Å². The summed E-state index contributed by atoms with van der Waals surface area (Å²) in [5, 5.41) is 11.9. The molecule has 1 aliphatic rings. The van der Waals surface area contributed by atoms with Crippen LogP contribution < -0.4 is 11.1 Å². The van der Waals surface area contributed by atoms with Crippen LogP contribution in [0.2, 0.25) is 0 Å². The van der Waals surface area contributed by atoms with Crippen LogP contribution in [0.1, 0.15) is 48.5 Å². The second-order valence-electron chi connectivity index (χ2n) is 6.87. The van der Waals surface area contributed by atoms with Gasteiger partial charge in [0.1, 0.15) is 11.6 Å². The SMILES string of the molecule is Cc1cc(C)cc(NC(N)=NCCCc2nnc3n2CCCCC3)c1. The number of nitrogens with zero attached hydrogens (tertiary/aromatic N) is 4. The van der Waals surface area contributed by atoms with Gasteiger partial charge >= 0.3 is 0 Å². The van der Waals surface area contributed by atoms with E-state index in [0.717, 1.165) is 43.1 Å². The van der Waals surface area contributed by atoms with Crippen LogP contribution in [0.15, 0.2) is 23.2 Å². The smallest absolute Gasteiger partial charge is 0.193 e. The lowest BCUT2D eigenvalue weighted by Gasteiger charge is -2.08. The summed E-state index contributed by atoms with van der Waals surface area (Å²) >= 11 is 0. The Morgan fingerprint density at radius 3 is 2.76 bits per heavy atom. The van der Waals surface area contributed by atoms with Crippen molar-refractivity contribution in [1.29, 1.82) is 0 Å². The molecule has 25 heavy (non-hydrogen) atoms. The van der Waals surface area contributed by atoms with Crippen LogP contribution in [-0.4, -0.2) is 27.3 Å².